The zero-order chi connectivity index (χ0) is 22.6. The third kappa shape index (κ3) is 5.50. The third-order valence-electron chi connectivity index (χ3n) is 5.11. The predicted octanol–water partition coefficient (Wildman–Crippen LogP) is 2.49. The average molecular weight is 447 g/mol. The van der Waals surface area contributed by atoms with E-state index in [4.69, 9.17) is 0 Å². The van der Waals surface area contributed by atoms with E-state index in [1.165, 1.54) is 36.9 Å². The number of halogens is 3. The van der Waals surface area contributed by atoms with Gasteiger partial charge in [-0.2, -0.15) is 5.10 Å². The summed E-state index contributed by atoms with van der Waals surface area (Å²) in [6, 6.07) is 7.25. The number of piperidine rings is 1. The van der Waals surface area contributed by atoms with Gasteiger partial charge in [0.05, 0.1) is 0 Å². The molecule has 0 radical (unpaired) electrons. The second-order valence-electron chi connectivity index (χ2n) is 7.25. The molecule has 0 saturated carbocycles. The molecule has 1 aliphatic rings. The summed E-state index contributed by atoms with van der Waals surface area (Å²) in [7, 11) is 0. The molecule has 0 unspecified atom stereocenters. The Hall–Kier alpha value is -3.70. The lowest BCUT2D eigenvalue weighted by Crippen LogP contribution is -2.40. The molecule has 4 rings (SSSR count). The van der Waals surface area contributed by atoms with Crippen molar-refractivity contribution in [2.75, 3.05) is 18.0 Å². The summed E-state index contributed by atoms with van der Waals surface area (Å²) in [6.07, 6.45) is 1.04. The van der Waals surface area contributed by atoms with Crippen molar-refractivity contribution in [1.82, 2.24) is 30.0 Å². The molecule has 1 amide bonds. The van der Waals surface area contributed by atoms with Crippen LogP contribution in [0.5, 0.6) is 5.75 Å². The number of hydrogen-bond donors (Lipinski definition) is 1. The van der Waals surface area contributed by atoms with Crippen molar-refractivity contribution in [3.63, 3.8) is 0 Å². The molecule has 168 valence electrons. The lowest BCUT2D eigenvalue weighted by molar-refractivity contribution is -0.274. The van der Waals surface area contributed by atoms with E-state index in [9.17, 15) is 18.0 Å². The molecular formula is C20H20F3N7O2. The van der Waals surface area contributed by atoms with Crippen LogP contribution in [0.1, 0.15) is 18.4 Å². The van der Waals surface area contributed by atoms with E-state index >= 15 is 0 Å². The number of nitrogens with one attached hydrogen (secondary N) is 1. The highest BCUT2D eigenvalue weighted by Gasteiger charge is 2.31. The Morgan fingerprint density at radius 1 is 1.09 bits per heavy atom. The quantitative estimate of drug-likeness (QED) is 0.620. The van der Waals surface area contributed by atoms with Crippen molar-refractivity contribution in [3.8, 4) is 11.6 Å². The summed E-state index contributed by atoms with van der Waals surface area (Å²) in [5.41, 5.74) is 0.687. The molecule has 32 heavy (non-hydrogen) atoms. The number of hydrogen-bond acceptors (Lipinski definition) is 7. The van der Waals surface area contributed by atoms with E-state index in [1.54, 1.807) is 11.0 Å². The Balaban J connectivity index is 1.26. The molecule has 1 aliphatic heterocycles. The fraction of sp³-hybridized carbons (Fsp3) is 0.350. The van der Waals surface area contributed by atoms with E-state index in [1.807, 2.05) is 6.07 Å². The summed E-state index contributed by atoms with van der Waals surface area (Å²) >= 11 is 0. The van der Waals surface area contributed by atoms with Crippen molar-refractivity contribution in [2.45, 2.75) is 25.7 Å². The van der Waals surface area contributed by atoms with Crippen LogP contribution in [0.4, 0.5) is 19.0 Å². The molecule has 1 aromatic carbocycles. The zero-order valence-corrected chi connectivity index (χ0v) is 16.9. The smallest absolute Gasteiger partial charge is 0.406 e. The van der Waals surface area contributed by atoms with Crippen LogP contribution < -0.4 is 15.0 Å². The highest BCUT2D eigenvalue weighted by Crippen LogP contribution is 2.24. The maximum Gasteiger partial charge on any atom is 0.573 e. The Morgan fingerprint density at radius 3 is 2.47 bits per heavy atom. The number of aromatic nitrogens is 5. The standard InChI is InChI=1S/C20H20F3N7O2/c21-20(22,23)32-16-3-1-14(2-4-16)10-25-19(31)15-5-7-29(8-6-15)17-9-18(27-12-26-17)30-13-24-11-28-30/h1-4,9,11-13,15H,5-8,10H2,(H,25,31). The minimum absolute atomic E-state index is 0.0775. The first-order valence-corrected chi connectivity index (χ1v) is 9.92. The summed E-state index contributed by atoms with van der Waals surface area (Å²) in [5.74, 6) is 0.850. The van der Waals surface area contributed by atoms with Crippen LogP contribution in [0.3, 0.4) is 0 Å². The Labute approximate surface area is 181 Å². The largest absolute Gasteiger partial charge is 0.573 e. The highest BCUT2D eigenvalue weighted by molar-refractivity contribution is 5.79. The number of carbonyl (C=O) groups is 1. The molecule has 3 aromatic rings. The van der Waals surface area contributed by atoms with E-state index in [0.29, 0.717) is 37.3 Å². The normalized spacial score (nSPS) is 14.9. The first-order chi connectivity index (χ1) is 15.4. The number of alkyl halides is 3. The second-order valence-corrected chi connectivity index (χ2v) is 7.25. The van der Waals surface area contributed by atoms with Gasteiger partial charge in [0, 0.05) is 31.6 Å². The summed E-state index contributed by atoms with van der Waals surface area (Å²) in [4.78, 5) is 27.0. The van der Waals surface area contributed by atoms with Crippen LogP contribution in [0, 0.1) is 5.92 Å². The van der Waals surface area contributed by atoms with Gasteiger partial charge in [-0.1, -0.05) is 12.1 Å². The van der Waals surface area contributed by atoms with Gasteiger partial charge in [-0.25, -0.2) is 19.6 Å². The lowest BCUT2D eigenvalue weighted by Gasteiger charge is -2.32. The summed E-state index contributed by atoms with van der Waals surface area (Å²) < 4.78 is 42.1. The fourth-order valence-corrected chi connectivity index (χ4v) is 3.48. The molecule has 1 fully saturated rings. The Kier molecular flexibility index (Phi) is 6.19. The van der Waals surface area contributed by atoms with Crippen LogP contribution in [-0.2, 0) is 11.3 Å². The van der Waals surface area contributed by atoms with Gasteiger partial charge in [-0.05, 0) is 30.5 Å². The van der Waals surface area contributed by atoms with Crippen molar-refractivity contribution in [2.24, 2.45) is 5.92 Å². The fourth-order valence-electron chi connectivity index (χ4n) is 3.48. The maximum atomic E-state index is 12.5. The zero-order valence-electron chi connectivity index (χ0n) is 16.9. The molecule has 12 heteroatoms. The minimum atomic E-state index is -4.73. The number of nitrogens with zero attached hydrogens (tertiary/aromatic N) is 6. The Morgan fingerprint density at radius 2 is 1.81 bits per heavy atom. The molecule has 9 nitrogen and oxygen atoms in total. The molecule has 0 bridgehead atoms. The highest BCUT2D eigenvalue weighted by atomic mass is 19.4. The van der Waals surface area contributed by atoms with Crippen LogP contribution in [-0.4, -0.2) is 50.1 Å². The van der Waals surface area contributed by atoms with Crippen LogP contribution in [0.2, 0.25) is 0 Å². The maximum absolute atomic E-state index is 12.5. The van der Waals surface area contributed by atoms with Gasteiger partial charge >= 0.3 is 6.36 Å². The molecular weight excluding hydrogens is 427 g/mol. The van der Waals surface area contributed by atoms with Gasteiger partial charge in [-0.15, -0.1) is 13.2 Å². The number of amides is 1. The Bertz CT molecular complexity index is 1030. The van der Waals surface area contributed by atoms with Crippen molar-refractivity contribution in [3.05, 3.63) is 54.9 Å². The SMILES string of the molecule is O=C(NCc1ccc(OC(F)(F)F)cc1)C1CCN(c2cc(-n3cncn3)ncn2)CC1. The van der Waals surface area contributed by atoms with E-state index < -0.39 is 6.36 Å². The predicted molar refractivity (Wildman–Crippen MR) is 107 cm³/mol. The summed E-state index contributed by atoms with van der Waals surface area (Å²) in [6.45, 7) is 1.56. The first kappa shape index (κ1) is 21.5. The number of benzene rings is 1. The van der Waals surface area contributed by atoms with Gasteiger partial charge in [0.25, 0.3) is 0 Å². The van der Waals surface area contributed by atoms with Gasteiger partial charge in [0.2, 0.25) is 5.91 Å². The van der Waals surface area contributed by atoms with Gasteiger partial charge in [0.15, 0.2) is 5.82 Å². The topological polar surface area (TPSA) is 98.1 Å². The molecule has 0 spiro atoms. The minimum Gasteiger partial charge on any atom is -0.406 e. The average Bonchev–Trinajstić information content (AvgIpc) is 3.33. The van der Waals surface area contributed by atoms with Crippen LogP contribution in [0.15, 0.2) is 49.3 Å². The molecule has 1 saturated heterocycles. The van der Waals surface area contributed by atoms with Crippen molar-refractivity contribution in [1.29, 1.82) is 0 Å². The second kappa shape index (κ2) is 9.20. The first-order valence-electron chi connectivity index (χ1n) is 9.92. The van der Waals surface area contributed by atoms with Gasteiger partial charge in [0.1, 0.15) is 30.5 Å². The van der Waals surface area contributed by atoms with Gasteiger partial charge in [-0.3, -0.25) is 4.79 Å². The van der Waals surface area contributed by atoms with E-state index in [2.05, 4.69) is 35.0 Å². The number of rotatable bonds is 6. The summed E-state index contributed by atoms with van der Waals surface area (Å²) in [5, 5.41) is 6.91. The third-order valence-corrected chi connectivity index (χ3v) is 5.11. The number of ether oxygens (including phenoxy) is 1. The molecule has 3 heterocycles. The lowest BCUT2D eigenvalue weighted by atomic mass is 9.96. The van der Waals surface area contributed by atoms with E-state index in [0.717, 1.165) is 5.82 Å². The van der Waals surface area contributed by atoms with Crippen molar-refractivity contribution >= 4 is 11.7 Å². The van der Waals surface area contributed by atoms with E-state index in [-0.39, 0.29) is 24.1 Å². The number of carbonyl (C=O) groups excluding carboxylic acids is 1. The molecule has 0 atom stereocenters. The molecule has 2 aromatic heterocycles. The number of anilines is 1. The monoisotopic (exact) mass is 447 g/mol. The molecule has 0 aliphatic carbocycles. The van der Waals surface area contributed by atoms with Gasteiger partial charge < -0.3 is 15.0 Å². The van der Waals surface area contributed by atoms with Crippen LogP contribution >= 0.6 is 0 Å². The van der Waals surface area contributed by atoms with Crippen LogP contribution in [0.25, 0.3) is 5.82 Å². The van der Waals surface area contributed by atoms with Crippen molar-refractivity contribution < 1.29 is 22.7 Å². The molecule has 1 N–H and O–H groups in total.